The van der Waals surface area contributed by atoms with Gasteiger partial charge in [0.25, 0.3) is 5.56 Å². The van der Waals surface area contributed by atoms with Crippen LogP contribution in [-0.2, 0) is 149 Å². The zero-order chi connectivity index (χ0) is 87.8. The number of phosphoric acid groups is 3. The van der Waals surface area contributed by atoms with E-state index in [4.69, 9.17) is 158 Å². The number of rotatable bonds is 47. The molecule has 7 aromatic heterocycles. The van der Waals surface area contributed by atoms with E-state index < -0.39 is 197 Å². The van der Waals surface area contributed by atoms with Gasteiger partial charge >= 0.3 is 35.9 Å². The molecule has 7 aromatic rings. The number of aromatic nitrogens is 14. The monoisotopic (exact) mass is 1870 g/mol. The number of H-pyrrole nitrogens is 1. The molecule has 10 unspecified atom stereocenters. The van der Waals surface area contributed by atoms with Crippen LogP contribution in [0.25, 0.3) is 33.5 Å². The SMILES string of the molecule is CC[C@H]1O[C@@H](n2cnc3c(N)ncnc32)[C@@H](OCCOC)C1OP(O)(=S)OC[C@H]1O[C@@H](n2cc(C)c(N)nc2=O)[C@@H](OCCOC)C1OP(=O)(O)OC[C@H]1O[C@@H](n2cnc3c(N)ncnc32)[C@@H](OCCOC)C1OP(=O)(O)OC[C@H]1O[C@@H](n2cnc3c(=O)[nH]c(N)nc32)[C@@H](OCCOC)C1OP(=O)(O)OC[C@H]1O[C@@H](C)[C@@H](OCCOC)C1OP(C)(O)=S. The average molecular weight is 1870 g/mol. The molecule has 0 aliphatic carbocycles. The number of nitrogens with zero attached hydrogens (tertiary/aromatic N) is 13. The van der Waals surface area contributed by atoms with Gasteiger partial charge in [-0.1, -0.05) is 6.92 Å². The van der Waals surface area contributed by atoms with E-state index in [1.54, 1.807) is 18.4 Å². The molecule has 5 fully saturated rings. The molecule has 52 nitrogen and oxygen atoms in total. The van der Waals surface area contributed by atoms with Gasteiger partial charge in [0, 0.05) is 54.0 Å². The van der Waals surface area contributed by atoms with Gasteiger partial charge in [0.1, 0.15) is 115 Å². The highest BCUT2D eigenvalue weighted by atomic mass is 32.5. The number of aromatic amines is 1. The fourth-order valence-electron chi connectivity index (χ4n) is 14.1. The number of nitrogens with two attached hydrogens (primary N) is 4. The number of anilines is 4. The lowest BCUT2D eigenvalue weighted by atomic mass is 10.1. The van der Waals surface area contributed by atoms with Crippen LogP contribution in [0.5, 0.6) is 0 Å². The van der Waals surface area contributed by atoms with Crippen molar-refractivity contribution < 1.29 is 150 Å². The number of nitrogens with one attached hydrogen (secondary N) is 1. The zero-order valence-corrected chi connectivity index (χ0v) is 73.0. The molecule has 5 aliphatic heterocycles. The van der Waals surface area contributed by atoms with Gasteiger partial charge in [0.2, 0.25) is 5.95 Å². The van der Waals surface area contributed by atoms with E-state index in [9.17, 15) is 38.6 Å². The number of ether oxygens (including phenoxy) is 15. The lowest BCUT2D eigenvalue weighted by Crippen LogP contribution is -2.41. The van der Waals surface area contributed by atoms with E-state index in [0.717, 1.165) is 17.2 Å². The van der Waals surface area contributed by atoms with E-state index >= 15 is 9.13 Å². The third-order valence-corrected chi connectivity index (χ3v) is 24.9. The first kappa shape index (κ1) is 95.5. The van der Waals surface area contributed by atoms with E-state index in [-0.39, 0.29) is 135 Å². The van der Waals surface area contributed by atoms with E-state index in [1.165, 1.54) is 83.5 Å². The molecule has 12 heterocycles. The summed E-state index contributed by atoms with van der Waals surface area (Å²) in [6, 6.07) is 0. The van der Waals surface area contributed by atoms with Crippen LogP contribution in [0.3, 0.4) is 0 Å². The molecule has 0 spiro atoms. The highest BCUT2D eigenvalue weighted by Crippen LogP contribution is 2.57. The Morgan fingerprint density at radius 1 is 0.443 bits per heavy atom. The molecule has 680 valence electrons. The van der Waals surface area contributed by atoms with Crippen molar-refractivity contribution in [2.24, 2.45) is 0 Å². The van der Waals surface area contributed by atoms with Crippen LogP contribution < -0.4 is 34.2 Å². The first-order valence-electron chi connectivity index (χ1n) is 37.5. The van der Waals surface area contributed by atoms with Crippen molar-refractivity contribution in [2.45, 2.75) is 150 Å². The Morgan fingerprint density at radius 2 is 0.803 bits per heavy atom. The summed E-state index contributed by atoms with van der Waals surface area (Å²) in [6.45, 7) is -6.92. The summed E-state index contributed by atoms with van der Waals surface area (Å²) in [7, 11) is -10.1. The number of aryl methyl sites for hydroxylation is 1. The van der Waals surface area contributed by atoms with Crippen LogP contribution in [0.15, 0.2) is 47.4 Å². The summed E-state index contributed by atoms with van der Waals surface area (Å²) >= 11 is 10.9. The average Bonchev–Trinajstić information content (AvgIpc) is 1.56. The molecular weight excluding hydrogens is 1770 g/mol. The zero-order valence-electron chi connectivity index (χ0n) is 66.9. The molecule has 5 saturated heterocycles. The topological polar surface area (TPSA) is 664 Å². The summed E-state index contributed by atoms with van der Waals surface area (Å²) in [4.78, 5) is 127. The predicted molar refractivity (Wildman–Crippen MR) is 425 cm³/mol. The maximum absolute atomic E-state index is 15.2. The molecule has 14 N–H and O–H groups in total. The largest absolute Gasteiger partial charge is 0.472 e. The van der Waals surface area contributed by atoms with Gasteiger partial charge in [-0.3, -0.25) is 59.7 Å². The standard InChI is InChI=1S/C63H97N18O34P5S2/c1-10-33-42(47(98-17-12-93-5)59(107-33)79-28-72-38-52(65)68-26-70-54(38)79)115-120(91,122)105-25-37-46(48(99-18-13-94-6)58(108-37)78-21-31(2)51(64)75-63(78)83)114-119(89,90)103-23-35-44(49(100-19-14-95-7)60(109-35)80-29-73-39-53(66)69-27-71-55(39)80)112-118(87,88)104-24-36-45(50(101-20-15-96-8)61(110-36)81-30-74-40-56(81)76-62(67)77-57(40)82)113-117(85,86)102-22-34-43(111-116(9,84)121)41(32(3)106-34)97-16-11-92-4/h21,26-30,32-37,41-50,58-61H,10-20,22-25H2,1-9H3,(H,84,121)(H,85,86)(H,87,88)(H,89,90)(H,91,122)(H2,64,75,83)(H2,65,68,70)(H2,66,69,71)(H3,67,76,77,82)/t32-,33+,34+,35+,36+,37+,41+,42?,43?,44?,45?,46?,47-,48-,49-,50-,58+,59+,60+,61+,116?,120?/m0/s1. The maximum atomic E-state index is 15.2. The minimum absolute atomic E-state index is 0.00164. The predicted octanol–water partition coefficient (Wildman–Crippen LogP) is 0.0804. The number of nitrogen functional groups attached to an aromatic ring is 4. The van der Waals surface area contributed by atoms with Gasteiger partial charge in [-0.05, 0) is 43.9 Å². The van der Waals surface area contributed by atoms with Gasteiger partial charge in [-0.25, -0.2) is 53.4 Å². The summed E-state index contributed by atoms with van der Waals surface area (Å²) in [6.07, 6.45) is -21.7. The van der Waals surface area contributed by atoms with Gasteiger partial charge in [-0.2, -0.15) is 9.97 Å². The fraction of sp³-hybridized carbons (Fsp3) is 0.698. The van der Waals surface area contributed by atoms with Crippen molar-refractivity contribution in [3.05, 3.63) is 64.2 Å². The molecule has 25 atom stereocenters. The second-order valence-electron chi connectivity index (χ2n) is 27.8. The first-order chi connectivity index (χ1) is 58.1. The molecule has 0 amide bonds. The highest BCUT2D eigenvalue weighted by Gasteiger charge is 2.58. The second-order valence-corrected chi connectivity index (χ2v) is 38.7. The van der Waals surface area contributed by atoms with Crippen LogP contribution in [0, 0.1) is 6.92 Å². The fourth-order valence-corrected chi connectivity index (χ4v) is 19.4. The van der Waals surface area contributed by atoms with Gasteiger partial charge < -0.3 is 128 Å². The minimum atomic E-state index is -5.81. The quantitative estimate of drug-likeness (QED) is 0.0178. The first-order valence-corrected chi connectivity index (χ1v) is 47.7. The smallest absolute Gasteiger partial charge is 0.383 e. The third-order valence-electron chi connectivity index (χ3n) is 19.5. The van der Waals surface area contributed by atoms with Crippen molar-refractivity contribution in [3.63, 3.8) is 0 Å². The Balaban J connectivity index is 0.847. The van der Waals surface area contributed by atoms with Crippen molar-refractivity contribution in [2.75, 3.05) is 158 Å². The van der Waals surface area contributed by atoms with Crippen molar-refractivity contribution >= 4 is 117 Å². The van der Waals surface area contributed by atoms with E-state index in [0.29, 0.717) is 0 Å². The number of phosphoric ester groups is 3. The molecule has 5 aliphatic rings. The molecule has 12 rings (SSSR count). The number of hydrogen-bond acceptors (Lipinski definition) is 44. The lowest BCUT2D eigenvalue weighted by molar-refractivity contribution is -0.0837. The lowest BCUT2D eigenvalue weighted by Gasteiger charge is -2.29. The summed E-state index contributed by atoms with van der Waals surface area (Å²) in [5, 5.41) is 0. The molecule has 0 radical (unpaired) electrons. The number of hydrogen-bond donors (Lipinski definition) is 10. The minimum Gasteiger partial charge on any atom is -0.383 e. The molecule has 59 heteroatoms. The Labute approximate surface area is 703 Å². The van der Waals surface area contributed by atoms with Gasteiger partial charge in [0.05, 0.1) is 124 Å². The molecule has 122 heavy (non-hydrogen) atoms. The van der Waals surface area contributed by atoms with Gasteiger partial charge in [-0.15, -0.1) is 0 Å². The normalized spacial score (nSPS) is 30.0. The van der Waals surface area contributed by atoms with E-state index in [2.05, 4.69) is 49.8 Å². The Hall–Kier alpha value is -5.64. The van der Waals surface area contributed by atoms with E-state index in [1.807, 2.05) is 0 Å². The summed E-state index contributed by atoms with van der Waals surface area (Å²) in [5.41, 5.74) is 23.1. The Kier molecular flexibility index (Phi) is 32.6. The Bertz CT molecular complexity index is 5070. The van der Waals surface area contributed by atoms with Crippen LogP contribution in [-0.4, -0.2) is 325 Å². The number of fused-ring (bicyclic) bond motifs is 3. The van der Waals surface area contributed by atoms with Crippen molar-refractivity contribution in [1.82, 2.24) is 68.1 Å². The van der Waals surface area contributed by atoms with Crippen molar-refractivity contribution in [1.29, 1.82) is 0 Å². The highest BCUT2D eigenvalue weighted by molar-refractivity contribution is 8.09. The van der Waals surface area contributed by atoms with Crippen LogP contribution in [0.1, 0.15) is 50.7 Å². The van der Waals surface area contributed by atoms with Crippen LogP contribution in [0.2, 0.25) is 0 Å². The number of imidazole rings is 3. The molecule has 0 saturated carbocycles. The maximum Gasteiger partial charge on any atom is 0.472 e. The molecule has 0 aromatic carbocycles. The summed E-state index contributed by atoms with van der Waals surface area (Å²) in [5.74, 6) is -0.556. The number of methoxy groups -OCH3 is 5. The van der Waals surface area contributed by atoms with Crippen LogP contribution in [0.4, 0.5) is 23.4 Å². The summed E-state index contributed by atoms with van der Waals surface area (Å²) < 4.78 is 193. The van der Waals surface area contributed by atoms with Crippen molar-refractivity contribution in [3.8, 4) is 0 Å². The molecular formula is C63H97N18O34P5S2. The van der Waals surface area contributed by atoms with Gasteiger partial charge in [0.15, 0.2) is 65.5 Å². The Morgan fingerprint density at radius 3 is 1.21 bits per heavy atom. The molecule has 0 bridgehead atoms. The second kappa shape index (κ2) is 41.6. The van der Waals surface area contributed by atoms with Crippen LogP contribution >= 0.6 is 36.7 Å². The third kappa shape index (κ3) is 22.9.